The van der Waals surface area contributed by atoms with Gasteiger partial charge in [0.05, 0.1) is 23.9 Å². The summed E-state index contributed by atoms with van der Waals surface area (Å²) in [5, 5.41) is 41.6. The standard InChI is InChI=1S/C10H16N2O8.2Zn/c13-7(14)3-11(4-8(15)16)1-2-12(5-9(17)18)6-10(19)20;;/h1-6H2,(H,13,14)(H,15,16)(H,17,18)(H,19,20);;/q;2*+2/p-4. The van der Waals surface area contributed by atoms with Crippen LogP contribution in [0.25, 0.3) is 0 Å². The molecule has 0 rings (SSSR count). The first kappa shape index (κ1) is 26.0. The zero-order valence-corrected chi connectivity index (χ0v) is 17.8. The van der Waals surface area contributed by atoms with Gasteiger partial charge >= 0.3 is 39.0 Å². The molecule has 0 radical (unpaired) electrons. The average molecular weight is 419 g/mol. The maximum Gasteiger partial charge on any atom is 2.00 e. The first-order valence-electron chi connectivity index (χ1n) is 5.44. The molecule has 0 N–H and O–H groups in total. The second-order valence-electron chi connectivity index (χ2n) is 3.91. The molecular formula is C10H12N2O8Zn2. The molecule has 0 aliphatic heterocycles. The van der Waals surface area contributed by atoms with Gasteiger partial charge in [-0.25, -0.2) is 0 Å². The van der Waals surface area contributed by atoms with Gasteiger partial charge in [0.15, 0.2) is 0 Å². The summed E-state index contributed by atoms with van der Waals surface area (Å²) >= 11 is 0. The first-order valence-corrected chi connectivity index (χ1v) is 5.44. The predicted octanol–water partition coefficient (Wildman–Crippen LogP) is -7.42. The first-order chi connectivity index (χ1) is 9.20. The molecule has 10 nitrogen and oxygen atoms in total. The number of hydrogen-bond acceptors (Lipinski definition) is 10. The van der Waals surface area contributed by atoms with Crippen LogP contribution in [0.3, 0.4) is 0 Å². The smallest absolute Gasteiger partial charge is 0.549 e. The molecule has 0 amide bonds. The van der Waals surface area contributed by atoms with Gasteiger partial charge in [-0.05, 0) is 0 Å². The van der Waals surface area contributed by atoms with E-state index < -0.39 is 50.1 Å². The Kier molecular flexibility index (Phi) is 16.2. The minimum Gasteiger partial charge on any atom is -0.549 e. The van der Waals surface area contributed by atoms with Crippen LogP contribution in [0, 0.1) is 0 Å². The Morgan fingerprint density at radius 1 is 0.545 bits per heavy atom. The zero-order chi connectivity index (χ0) is 15.7. The molecule has 0 aliphatic carbocycles. The van der Waals surface area contributed by atoms with E-state index in [1.54, 1.807) is 0 Å². The van der Waals surface area contributed by atoms with Gasteiger partial charge in [-0.1, -0.05) is 0 Å². The molecule has 0 bridgehead atoms. The van der Waals surface area contributed by atoms with Gasteiger partial charge in [0.2, 0.25) is 0 Å². The Bertz CT molecular complexity index is 325. The number of aliphatic carboxylic acids is 4. The summed E-state index contributed by atoms with van der Waals surface area (Å²) in [6.07, 6.45) is 0. The quantitative estimate of drug-likeness (QED) is 0.294. The summed E-state index contributed by atoms with van der Waals surface area (Å²) in [4.78, 5) is 43.4. The molecule has 0 saturated carbocycles. The molecule has 0 aromatic carbocycles. The fourth-order valence-electron chi connectivity index (χ4n) is 1.44. The summed E-state index contributed by atoms with van der Waals surface area (Å²) in [5.41, 5.74) is 0. The van der Waals surface area contributed by atoms with E-state index in [4.69, 9.17) is 0 Å². The molecule has 0 aliphatic rings. The topological polar surface area (TPSA) is 167 Å². The largest absolute Gasteiger partial charge is 2.00 e. The van der Waals surface area contributed by atoms with E-state index in [0.717, 1.165) is 9.80 Å². The van der Waals surface area contributed by atoms with E-state index in [2.05, 4.69) is 0 Å². The Balaban J connectivity index is -0.00000180. The van der Waals surface area contributed by atoms with E-state index in [0.29, 0.717) is 0 Å². The molecule has 22 heavy (non-hydrogen) atoms. The predicted molar refractivity (Wildman–Crippen MR) is 52.9 cm³/mol. The molecule has 0 atom stereocenters. The monoisotopic (exact) mass is 416 g/mol. The summed E-state index contributed by atoms with van der Waals surface area (Å²) < 4.78 is 0. The third kappa shape index (κ3) is 15.4. The molecular weight excluding hydrogens is 407 g/mol. The molecule has 0 heterocycles. The van der Waals surface area contributed by atoms with E-state index in [1.165, 1.54) is 0 Å². The molecule has 0 aromatic rings. The van der Waals surface area contributed by atoms with E-state index >= 15 is 0 Å². The van der Waals surface area contributed by atoms with E-state index in [1.807, 2.05) is 0 Å². The molecule has 114 valence electrons. The van der Waals surface area contributed by atoms with Gasteiger partial charge in [-0.15, -0.1) is 0 Å². The van der Waals surface area contributed by atoms with Crippen molar-refractivity contribution in [2.75, 3.05) is 39.3 Å². The number of carbonyl (C=O) groups is 4. The van der Waals surface area contributed by atoms with Gasteiger partial charge in [0.1, 0.15) is 0 Å². The average Bonchev–Trinajstić information content (AvgIpc) is 2.22. The van der Waals surface area contributed by atoms with Crippen molar-refractivity contribution < 1.29 is 78.6 Å². The van der Waals surface area contributed by atoms with Crippen molar-refractivity contribution in [1.82, 2.24) is 9.80 Å². The molecule has 12 heteroatoms. The molecule has 0 fully saturated rings. The van der Waals surface area contributed by atoms with Crippen molar-refractivity contribution >= 4 is 23.9 Å². The van der Waals surface area contributed by atoms with Gasteiger partial charge in [-0.3, -0.25) is 9.80 Å². The van der Waals surface area contributed by atoms with Crippen LogP contribution in [0.5, 0.6) is 0 Å². The van der Waals surface area contributed by atoms with Gasteiger partial charge in [0.25, 0.3) is 0 Å². The molecule has 0 saturated heterocycles. The molecule has 0 spiro atoms. The van der Waals surface area contributed by atoms with Crippen LogP contribution >= 0.6 is 0 Å². The Labute approximate surface area is 151 Å². The van der Waals surface area contributed by atoms with Crippen molar-refractivity contribution in [3.8, 4) is 0 Å². The summed E-state index contributed by atoms with van der Waals surface area (Å²) in [7, 11) is 0. The Morgan fingerprint density at radius 3 is 0.864 bits per heavy atom. The van der Waals surface area contributed by atoms with E-state index in [9.17, 15) is 39.6 Å². The molecule has 0 aromatic heterocycles. The van der Waals surface area contributed by atoms with Gasteiger partial charge in [-0.2, -0.15) is 0 Å². The van der Waals surface area contributed by atoms with Crippen LogP contribution in [0.15, 0.2) is 0 Å². The second-order valence-corrected chi connectivity index (χ2v) is 3.91. The fraction of sp³-hybridized carbons (Fsp3) is 0.600. The SMILES string of the molecule is O=C([O-])CN(CCN(CC(=O)[O-])CC(=O)[O-])CC(=O)[O-].[Zn+2].[Zn+2]. The summed E-state index contributed by atoms with van der Waals surface area (Å²) in [5.74, 6) is -6.12. The second kappa shape index (κ2) is 13.7. The summed E-state index contributed by atoms with van der Waals surface area (Å²) in [6, 6.07) is 0. The number of carboxylic acid groups (broad SMARTS) is 4. The van der Waals surface area contributed by atoms with Crippen molar-refractivity contribution in [3.05, 3.63) is 0 Å². The number of carbonyl (C=O) groups excluding carboxylic acids is 4. The van der Waals surface area contributed by atoms with Crippen LogP contribution in [-0.2, 0) is 58.1 Å². The van der Waals surface area contributed by atoms with Crippen LogP contribution in [0.2, 0.25) is 0 Å². The maximum absolute atomic E-state index is 10.4. The van der Waals surface area contributed by atoms with Crippen molar-refractivity contribution in [2.45, 2.75) is 0 Å². The molecule has 0 unspecified atom stereocenters. The Hall–Kier alpha value is -0.953. The van der Waals surface area contributed by atoms with Crippen molar-refractivity contribution in [2.24, 2.45) is 0 Å². The minimum atomic E-state index is -1.53. The van der Waals surface area contributed by atoms with Gasteiger partial charge in [0, 0.05) is 39.3 Å². The number of rotatable bonds is 11. The number of hydrogen-bond donors (Lipinski definition) is 0. The van der Waals surface area contributed by atoms with E-state index in [-0.39, 0.29) is 52.0 Å². The number of carboxylic acids is 4. The van der Waals surface area contributed by atoms with Crippen LogP contribution < -0.4 is 20.4 Å². The fourth-order valence-corrected chi connectivity index (χ4v) is 1.44. The minimum absolute atomic E-state index is 0. The van der Waals surface area contributed by atoms with Crippen molar-refractivity contribution in [3.63, 3.8) is 0 Å². The van der Waals surface area contributed by atoms with Crippen molar-refractivity contribution in [1.29, 1.82) is 0 Å². The van der Waals surface area contributed by atoms with Crippen LogP contribution in [0.4, 0.5) is 0 Å². The third-order valence-electron chi connectivity index (χ3n) is 2.14. The summed E-state index contributed by atoms with van der Waals surface area (Å²) in [6.45, 7) is -3.25. The van der Waals surface area contributed by atoms with Gasteiger partial charge < -0.3 is 39.6 Å². The Morgan fingerprint density at radius 2 is 0.727 bits per heavy atom. The zero-order valence-electron chi connectivity index (χ0n) is 11.8. The van der Waals surface area contributed by atoms with Crippen LogP contribution in [-0.4, -0.2) is 72.9 Å². The number of nitrogens with zero attached hydrogens (tertiary/aromatic N) is 2. The normalized spacial score (nSPS) is 9.73. The maximum atomic E-state index is 10.4. The van der Waals surface area contributed by atoms with Crippen LogP contribution in [0.1, 0.15) is 0 Å². The third-order valence-corrected chi connectivity index (χ3v) is 2.14.